The number of fused-ring (bicyclic) bond motifs is 2. The van der Waals surface area contributed by atoms with Crippen LogP contribution < -0.4 is 15.2 Å². The van der Waals surface area contributed by atoms with Crippen LogP contribution in [0.2, 0.25) is 0 Å². The molecule has 3 heterocycles. The first-order valence-corrected chi connectivity index (χ1v) is 6.24. The normalized spacial score (nSPS) is 13.1. The van der Waals surface area contributed by atoms with Gasteiger partial charge in [-0.3, -0.25) is 0 Å². The molecular weight excluding hydrogens is 256 g/mol. The van der Waals surface area contributed by atoms with Gasteiger partial charge in [0.25, 0.3) is 0 Å². The van der Waals surface area contributed by atoms with Gasteiger partial charge in [0.2, 0.25) is 6.79 Å². The van der Waals surface area contributed by atoms with Gasteiger partial charge in [0.05, 0.1) is 11.4 Å². The average Bonchev–Trinajstić information content (AvgIpc) is 3.08. The molecule has 0 fully saturated rings. The molecule has 0 saturated heterocycles. The molecule has 0 saturated carbocycles. The Bertz CT molecular complexity index is 825. The Labute approximate surface area is 114 Å². The Morgan fingerprint density at radius 2 is 2.00 bits per heavy atom. The topological polar surface area (TPSA) is 74.7 Å². The molecule has 2 N–H and O–H groups in total. The van der Waals surface area contributed by atoms with Crippen LogP contribution in [0.3, 0.4) is 0 Å². The lowest BCUT2D eigenvalue weighted by molar-refractivity contribution is 0.174. The van der Waals surface area contributed by atoms with Gasteiger partial charge < -0.3 is 15.2 Å². The van der Waals surface area contributed by atoms with Crippen molar-refractivity contribution in [3.63, 3.8) is 0 Å². The number of rotatable bonds is 1. The monoisotopic (exact) mass is 268 g/mol. The number of nitrogen functional groups attached to an aromatic ring is 1. The maximum atomic E-state index is 5.88. The van der Waals surface area contributed by atoms with E-state index in [-0.39, 0.29) is 6.79 Å². The minimum atomic E-state index is 0.257. The number of hydrogen-bond acceptors (Lipinski definition) is 5. The molecular formula is C14H12N4O2. The van der Waals surface area contributed by atoms with Gasteiger partial charge >= 0.3 is 0 Å². The zero-order chi connectivity index (χ0) is 13.7. The third-order valence-electron chi connectivity index (χ3n) is 3.41. The van der Waals surface area contributed by atoms with Crippen LogP contribution in [0.1, 0.15) is 5.69 Å². The Kier molecular flexibility index (Phi) is 2.14. The highest BCUT2D eigenvalue weighted by Gasteiger charge is 2.16. The summed E-state index contributed by atoms with van der Waals surface area (Å²) in [5.74, 6) is 2.10. The molecule has 2 aromatic heterocycles. The second kappa shape index (κ2) is 3.86. The molecule has 6 nitrogen and oxygen atoms in total. The lowest BCUT2D eigenvalue weighted by Crippen LogP contribution is -1.98. The Morgan fingerprint density at radius 1 is 1.15 bits per heavy atom. The predicted molar refractivity (Wildman–Crippen MR) is 73.7 cm³/mol. The lowest BCUT2D eigenvalue weighted by Gasteiger charge is -2.00. The van der Waals surface area contributed by atoms with E-state index in [9.17, 15) is 0 Å². The van der Waals surface area contributed by atoms with E-state index in [0.717, 1.165) is 28.4 Å². The van der Waals surface area contributed by atoms with Gasteiger partial charge in [-0.1, -0.05) is 0 Å². The lowest BCUT2D eigenvalue weighted by atomic mass is 10.2. The molecule has 0 spiro atoms. The molecule has 6 heteroatoms. The van der Waals surface area contributed by atoms with Gasteiger partial charge in [-0.2, -0.15) is 0 Å². The minimum absolute atomic E-state index is 0.257. The fourth-order valence-corrected chi connectivity index (χ4v) is 2.24. The molecule has 4 rings (SSSR count). The number of pyridine rings is 1. The van der Waals surface area contributed by atoms with Crippen LogP contribution in [-0.2, 0) is 0 Å². The number of ether oxygens (including phenoxy) is 2. The Hall–Kier alpha value is -2.76. The van der Waals surface area contributed by atoms with Crippen LogP contribution in [0.15, 0.2) is 30.3 Å². The van der Waals surface area contributed by atoms with Crippen molar-refractivity contribution >= 4 is 11.3 Å². The third-order valence-corrected chi connectivity index (χ3v) is 3.41. The van der Waals surface area contributed by atoms with Crippen LogP contribution in [0.4, 0.5) is 5.69 Å². The molecule has 3 aromatic rings. The van der Waals surface area contributed by atoms with Crippen LogP contribution in [0, 0.1) is 6.92 Å². The number of anilines is 1. The number of aryl methyl sites for hydroxylation is 1. The second-order valence-electron chi connectivity index (χ2n) is 4.65. The van der Waals surface area contributed by atoms with Crippen molar-refractivity contribution in [2.24, 2.45) is 0 Å². The Morgan fingerprint density at radius 3 is 2.90 bits per heavy atom. The summed E-state index contributed by atoms with van der Waals surface area (Å²) in [7, 11) is 0. The third kappa shape index (κ3) is 1.51. The van der Waals surface area contributed by atoms with Crippen molar-refractivity contribution in [3.8, 4) is 22.9 Å². The van der Waals surface area contributed by atoms with Gasteiger partial charge in [-0.05, 0) is 37.3 Å². The van der Waals surface area contributed by atoms with Gasteiger partial charge in [0, 0.05) is 5.56 Å². The molecule has 1 aliphatic rings. The summed E-state index contributed by atoms with van der Waals surface area (Å²) in [4.78, 5) is 4.51. The molecule has 1 aliphatic heterocycles. The average molecular weight is 268 g/mol. The first kappa shape index (κ1) is 11.1. The van der Waals surface area contributed by atoms with Gasteiger partial charge in [0.1, 0.15) is 0 Å². The molecule has 0 bridgehead atoms. The molecule has 0 aliphatic carbocycles. The van der Waals surface area contributed by atoms with E-state index in [2.05, 4.69) is 10.1 Å². The van der Waals surface area contributed by atoms with Crippen molar-refractivity contribution in [1.82, 2.24) is 14.6 Å². The van der Waals surface area contributed by atoms with Crippen molar-refractivity contribution in [2.45, 2.75) is 6.92 Å². The molecule has 0 radical (unpaired) electrons. The summed E-state index contributed by atoms with van der Waals surface area (Å²) >= 11 is 0. The molecule has 0 amide bonds. The van der Waals surface area contributed by atoms with Crippen molar-refractivity contribution in [3.05, 3.63) is 36.0 Å². The van der Waals surface area contributed by atoms with Crippen molar-refractivity contribution in [1.29, 1.82) is 0 Å². The van der Waals surface area contributed by atoms with Crippen LogP contribution >= 0.6 is 0 Å². The molecule has 0 atom stereocenters. The van der Waals surface area contributed by atoms with E-state index in [1.165, 1.54) is 0 Å². The number of benzene rings is 1. The molecule has 20 heavy (non-hydrogen) atoms. The summed E-state index contributed by atoms with van der Waals surface area (Å²) in [6.45, 7) is 2.17. The Balaban J connectivity index is 1.88. The van der Waals surface area contributed by atoms with E-state index in [0.29, 0.717) is 11.5 Å². The highest BCUT2D eigenvalue weighted by Crippen LogP contribution is 2.35. The first-order valence-electron chi connectivity index (χ1n) is 6.24. The number of aromatic nitrogens is 3. The van der Waals surface area contributed by atoms with E-state index < -0.39 is 0 Å². The standard InChI is InChI=1S/C14H12N4O2/c1-8-10(15)3-5-13-16-14(17-18(8)13)9-2-4-11-12(6-9)20-7-19-11/h2-6H,7,15H2,1H3. The van der Waals surface area contributed by atoms with Crippen LogP contribution in [-0.4, -0.2) is 21.4 Å². The second-order valence-corrected chi connectivity index (χ2v) is 4.65. The summed E-state index contributed by atoms with van der Waals surface area (Å²) in [6.07, 6.45) is 0. The number of hydrogen-bond donors (Lipinski definition) is 1. The summed E-state index contributed by atoms with van der Waals surface area (Å²) in [5, 5.41) is 4.50. The highest BCUT2D eigenvalue weighted by molar-refractivity contribution is 5.64. The maximum absolute atomic E-state index is 5.88. The molecule has 0 unspecified atom stereocenters. The first-order chi connectivity index (χ1) is 9.72. The van der Waals surface area contributed by atoms with E-state index in [1.54, 1.807) is 4.52 Å². The van der Waals surface area contributed by atoms with Gasteiger partial charge in [-0.15, -0.1) is 5.10 Å². The van der Waals surface area contributed by atoms with Crippen molar-refractivity contribution < 1.29 is 9.47 Å². The van der Waals surface area contributed by atoms with Gasteiger partial charge in [-0.25, -0.2) is 9.50 Å². The van der Waals surface area contributed by atoms with E-state index >= 15 is 0 Å². The zero-order valence-corrected chi connectivity index (χ0v) is 10.8. The summed E-state index contributed by atoms with van der Waals surface area (Å²) in [6, 6.07) is 9.36. The molecule has 100 valence electrons. The van der Waals surface area contributed by atoms with Gasteiger partial charge in [0.15, 0.2) is 23.0 Å². The predicted octanol–water partition coefficient (Wildman–Crippen LogP) is 2.02. The zero-order valence-electron chi connectivity index (χ0n) is 10.8. The summed E-state index contributed by atoms with van der Waals surface area (Å²) in [5.41, 5.74) is 9.11. The van der Waals surface area contributed by atoms with Crippen LogP contribution in [0.25, 0.3) is 17.0 Å². The highest BCUT2D eigenvalue weighted by atomic mass is 16.7. The smallest absolute Gasteiger partial charge is 0.231 e. The minimum Gasteiger partial charge on any atom is -0.454 e. The number of nitrogens with zero attached hydrogens (tertiary/aromatic N) is 3. The fraction of sp³-hybridized carbons (Fsp3) is 0.143. The quantitative estimate of drug-likeness (QED) is 0.730. The van der Waals surface area contributed by atoms with E-state index in [4.69, 9.17) is 15.2 Å². The summed E-state index contributed by atoms with van der Waals surface area (Å²) < 4.78 is 12.4. The SMILES string of the molecule is Cc1c(N)ccc2nc(-c3ccc4c(c3)OCO4)nn12. The maximum Gasteiger partial charge on any atom is 0.231 e. The number of nitrogens with two attached hydrogens (primary N) is 1. The van der Waals surface area contributed by atoms with Crippen molar-refractivity contribution in [2.75, 3.05) is 12.5 Å². The van der Waals surface area contributed by atoms with Crippen LogP contribution in [0.5, 0.6) is 11.5 Å². The fourth-order valence-electron chi connectivity index (χ4n) is 2.24. The largest absolute Gasteiger partial charge is 0.454 e. The van der Waals surface area contributed by atoms with E-state index in [1.807, 2.05) is 37.3 Å². The molecule has 1 aromatic carbocycles.